The molecular formula is C19H28N4O2. The van der Waals surface area contributed by atoms with Crippen LogP contribution in [0.4, 0.5) is 0 Å². The molecule has 1 fully saturated rings. The lowest BCUT2D eigenvalue weighted by molar-refractivity contribution is -0.130. The molecule has 2 heterocycles. The maximum absolute atomic E-state index is 11.9. The number of nitrogens with zero attached hydrogens (tertiary/aromatic N) is 3. The van der Waals surface area contributed by atoms with Gasteiger partial charge >= 0.3 is 0 Å². The molecule has 25 heavy (non-hydrogen) atoms. The number of carbonyl (C=O) groups is 2. The van der Waals surface area contributed by atoms with Crippen LogP contribution in [0.2, 0.25) is 0 Å². The minimum Gasteiger partial charge on any atom is -0.352 e. The van der Waals surface area contributed by atoms with Gasteiger partial charge in [0, 0.05) is 39.1 Å². The van der Waals surface area contributed by atoms with Gasteiger partial charge in [0.05, 0.1) is 6.54 Å². The van der Waals surface area contributed by atoms with Crippen molar-refractivity contribution < 1.29 is 9.59 Å². The summed E-state index contributed by atoms with van der Waals surface area (Å²) in [4.78, 5) is 31.6. The van der Waals surface area contributed by atoms with E-state index in [1.165, 1.54) is 0 Å². The highest BCUT2D eigenvalue weighted by molar-refractivity contribution is 5.91. The van der Waals surface area contributed by atoms with Crippen molar-refractivity contribution in [3.05, 3.63) is 35.7 Å². The Hall–Kier alpha value is -2.21. The summed E-state index contributed by atoms with van der Waals surface area (Å²) < 4.78 is 0. The largest absolute Gasteiger partial charge is 0.352 e. The second kappa shape index (κ2) is 9.32. The fraction of sp³-hybridized carbons (Fsp3) is 0.526. The van der Waals surface area contributed by atoms with Crippen LogP contribution in [0.5, 0.6) is 0 Å². The molecule has 1 saturated heterocycles. The van der Waals surface area contributed by atoms with E-state index < -0.39 is 0 Å². The number of aromatic nitrogens is 1. The van der Waals surface area contributed by atoms with Crippen LogP contribution in [-0.2, 0) is 9.59 Å². The molecule has 0 unspecified atom stereocenters. The van der Waals surface area contributed by atoms with E-state index in [-0.39, 0.29) is 11.8 Å². The van der Waals surface area contributed by atoms with Crippen molar-refractivity contribution >= 4 is 17.9 Å². The van der Waals surface area contributed by atoms with Gasteiger partial charge in [0.15, 0.2) is 0 Å². The first-order valence-corrected chi connectivity index (χ1v) is 8.74. The SMILES string of the molecule is Cc1cncc(/C=C/C(=O)NCC2CCN(CC(=O)N(C)C)CC2)c1. The molecular weight excluding hydrogens is 316 g/mol. The highest BCUT2D eigenvalue weighted by Gasteiger charge is 2.21. The summed E-state index contributed by atoms with van der Waals surface area (Å²) in [5.74, 6) is 0.540. The van der Waals surface area contributed by atoms with Crippen LogP contribution in [-0.4, -0.2) is 66.9 Å². The van der Waals surface area contributed by atoms with Crippen molar-refractivity contribution in [3.63, 3.8) is 0 Å². The Morgan fingerprint density at radius 1 is 1.32 bits per heavy atom. The lowest BCUT2D eigenvalue weighted by atomic mass is 9.97. The van der Waals surface area contributed by atoms with Crippen LogP contribution in [0, 0.1) is 12.8 Å². The van der Waals surface area contributed by atoms with Crippen LogP contribution in [0.1, 0.15) is 24.0 Å². The number of nitrogens with one attached hydrogen (secondary N) is 1. The molecule has 0 atom stereocenters. The van der Waals surface area contributed by atoms with E-state index >= 15 is 0 Å². The fourth-order valence-corrected chi connectivity index (χ4v) is 2.83. The number of aryl methyl sites for hydroxylation is 1. The second-order valence-corrected chi connectivity index (χ2v) is 6.88. The molecule has 1 N–H and O–H groups in total. The molecule has 0 bridgehead atoms. The van der Waals surface area contributed by atoms with Gasteiger partial charge in [0.25, 0.3) is 0 Å². The van der Waals surface area contributed by atoms with E-state index in [9.17, 15) is 9.59 Å². The van der Waals surface area contributed by atoms with Crippen molar-refractivity contribution in [1.82, 2.24) is 20.1 Å². The number of amides is 2. The zero-order valence-electron chi connectivity index (χ0n) is 15.4. The van der Waals surface area contributed by atoms with Gasteiger partial charge in [-0.05, 0) is 62.0 Å². The van der Waals surface area contributed by atoms with Crippen molar-refractivity contribution in [2.75, 3.05) is 40.3 Å². The quantitative estimate of drug-likeness (QED) is 0.791. The normalized spacial score (nSPS) is 16.1. The molecule has 0 spiro atoms. The average Bonchev–Trinajstić information content (AvgIpc) is 2.59. The van der Waals surface area contributed by atoms with Crippen molar-refractivity contribution in [2.45, 2.75) is 19.8 Å². The summed E-state index contributed by atoms with van der Waals surface area (Å²) in [6, 6.07) is 1.99. The van der Waals surface area contributed by atoms with Gasteiger partial charge in [-0.2, -0.15) is 0 Å². The van der Waals surface area contributed by atoms with E-state index in [2.05, 4.69) is 15.2 Å². The summed E-state index contributed by atoms with van der Waals surface area (Å²) >= 11 is 0. The maximum Gasteiger partial charge on any atom is 0.244 e. The van der Waals surface area contributed by atoms with Gasteiger partial charge in [-0.25, -0.2) is 0 Å². The Morgan fingerprint density at radius 3 is 2.68 bits per heavy atom. The number of hydrogen-bond acceptors (Lipinski definition) is 4. The molecule has 0 aliphatic carbocycles. The molecule has 6 nitrogen and oxygen atoms in total. The molecule has 0 radical (unpaired) electrons. The molecule has 2 amide bonds. The number of piperidine rings is 1. The summed E-state index contributed by atoms with van der Waals surface area (Å²) in [5, 5.41) is 2.97. The topological polar surface area (TPSA) is 65.5 Å². The minimum absolute atomic E-state index is 0.0771. The Morgan fingerprint density at radius 2 is 2.04 bits per heavy atom. The molecule has 6 heteroatoms. The molecule has 136 valence electrons. The van der Waals surface area contributed by atoms with E-state index in [0.717, 1.165) is 37.1 Å². The van der Waals surface area contributed by atoms with E-state index in [1.54, 1.807) is 43.5 Å². The van der Waals surface area contributed by atoms with E-state index in [0.29, 0.717) is 19.0 Å². The first-order valence-electron chi connectivity index (χ1n) is 8.74. The fourth-order valence-electron chi connectivity index (χ4n) is 2.83. The average molecular weight is 344 g/mol. The Balaban J connectivity index is 1.68. The van der Waals surface area contributed by atoms with Crippen LogP contribution in [0.15, 0.2) is 24.5 Å². The van der Waals surface area contributed by atoms with Gasteiger partial charge < -0.3 is 10.2 Å². The third-order valence-corrected chi connectivity index (χ3v) is 4.45. The number of likely N-dealkylation sites (tertiary alicyclic amines) is 1. The van der Waals surface area contributed by atoms with Crippen LogP contribution in [0.3, 0.4) is 0 Å². The number of pyridine rings is 1. The van der Waals surface area contributed by atoms with Crippen LogP contribution >= 0.6 is 0 Å². The minimum atomic E-state index is -0.0771. The maximum atomic E-state index is 11.9. The van der Waals surface area contributed by atoms with Crippen molar-refractivity contribution in [2.24, 2.45) is 5.92 Å². The Labute approximate surface area is 149 Å². The number of rotatable bonds is 6. The second-order valence-electron chi connectivity index (χ2n) is 6.88. The first kappa shape index (κ1) is 19.1. The third kappa shape index (κ3) is 6.66. The predicted molar refractivity (Wildman–Crippen MR) is 98.9 cm³/mol. The smallest absolute Gasteiger partial charge is 0.244 e. The monoisotopic (exact) mass is 344 g/mol. The molecule has 2 rings (SSSR count). The van der Waals surface area contributed by atoms with Gasteiger partial charge in [-0.15, -0.1) is 0 Å². The third-order valence-electron chi connectivity index (χ3n) is 4.45. The number of carbonyl (C=O) groups excluding carboxylic acids is 2. The summed E-state index contributed by atoms with van der Waals surface area (Å²) in [7, 11) is 3.57. The molecule has 0 saturated carbocycles. The lowest BCUT2D eigenvalue weighted by Crippen LogP contribution is -2.43. The zero-order chi connectivity index (χ0) is 18.2. The Bertz CT molecular complexity index is 620. The van der Waals surface area contributed by atoms with Crippen LogP contribution in [0.25, 0.3) is 6.08 Å². The van der Waals surface area contributed by atoms with E-state index in [4.69, 9.17) is 0 Å². The molecule has 0 aromatic carbocycles. The van der Waals surface area contributed by atoms with Gasteiger partial charge in [0.2, 0.25) is 11.8 Å². The number of likely N-dealkylation sites (N-methyl/N-ethyl adjacent to an activating group) is 1. The summed E-state index contributed by atoms with van der Waals surface area (Å²) in [6.45, 7) is 4.96. The highest BCUT2D eigenvalue weighted by Crippen LogP contribution is 2.16. The standard InChI is InChI=1S/C19H28N4O2/c1-15-10-17(12-20-11-15)4-5-18(24)21-13-16-6-8-23(9-7-16)14-19(25)22(2)3/h4-5,10-12,16H,6-9,13-14H2,1-3H3,(H,21,24)/b5-4+. The first-order chi connectivity index (χ1) is 11.9. The van der Waals surface area contributed by atoms with Crippen molar-refractivity contribution in [1.29, 1.82) is 0 Å². The summed E-state index contributed by atoms with van der Waals surface area (Å²) in [5.41, 5.74) is 2.00. The van der Waals surface area contributed by atoms with E-state index in [1.807, 2.05) is 13.0 Å². The molecule has 1 aromatic heterocycles. The lowest BCUT2D eigenvalue weighted by Gasteiger charge is -2.32. The highest BCUT2D eigenvalue weighted by atomic mass is 16.2. The predicted octanol–water partition coefficient (Wildman–Crippen LogP) is 1.32. The van der Waals surface area contributed by atoms with Gasteiger partial charge in [-0.3, -0.25) is 19.5 Å². The van der Waals surface area contributed by atoms with Crippen molar-refractivity contribution in [3.8, 4) is 0 Å². The molecule has 1 aliphatic heterocycles. The Kier molecular flexibility index (Phi) is 7.13. The summed E-state index contributed by atoms with van der Waals surface area (Å²) in [6.07, 6.45) is 8.88. The molecule has 1 aliphatic rings. The van der Waals surface area contributed by atoms with Gasteiger partial charge in [-0.1, -0.05) is 0 Å². The number of hydrogen-bond donors (Lipinski definition) is 1. The van der Waals surface area contributed by atoms with Gasteiger partial charge in [0.1, 0.15) is 0 Å². The molecule has 1 aromatic rings. The zero-order valence-corrected chi connectivity index (χ0v) is 15.4. The van der Waals surface area contributed by atoms with Crippen LogP contribution < -0.4 is 5.32 Å².